The molecule has 0 saturated carbocycles. The zero-order chi connectivity index (χ0) is 6.69. The topological polar surface area (TPSA) is 84.9 Å². The Balaban J connectivity index is 0.000000810. The molecule has 10 heavy (non-hydrogen) atoms. The lowest BCUT2D eigenvalue weighted by atomic mass is 9.86. The molecule has 5 heteroatoms. The number of hydrogen-bond donors (Lipinski definition) is 2. The third-order valence-electron chi connectivity index (χ3n) is 0.952. The maximum absolute atomic E-state index is 8.52. The molecule has 4 nitrogen and oxygen atoms in total. The third kappa shape index (κ3) is 2.14. The molecule has 1 rings (SSSR count). The van der Waals surface area contributed by atoms with Crippen molar-refractivity contribution in [2.24, 2.45) is 0 Å². The summed E-state index contributed by atoms with van der Waals surface area (Å²) in [5.74, 6) is 0. The van der Waals surface area contributed by atoms with E-state index in [9.17, 15) is 0 Å². The molecule has 0 bridgehead atoms. The molecule has 0 amide bonds. The molecular formula is C5H8BNO3. The molecule has 0 saturated heterocycles. The van der Waals surface area contributed by atoms with E-state index in [1.54, 1.807) is 18.2 Å². The minimum absolute atomic E-state index is 0. The highest BCUT2D eigenvalue weighted by Crippen LogP contribution is 1.76. The summed E-state index contributed by atoms with van der Waals surface area (Å²) in [5.41, 5.74) is 0.275. The Morgan fingerprint density at radius 1 is 1.30 bits per heavy atom. The van der Waals surface area contributed by atoms with Crippen molar-refractivity contribution in [1.29, 1.82) is 0 Å². The van der Waals surface area contributed by atoms with Crippen LogP contribution in [0.3, 0.4) is 0 Å². The van der Waals surface area contributed by atoms with Crippen LogP contribution in [-0.2, 0) is 0 Å². The Bertz CT molecular complexity index is 180. The Labute approximate surface area is 58.6 Å². The van der Waals surface area contributed by atoms with Crippen molar-refractivity contribution in [2.45, 2.75) is 0 Å². The zero-order valence-electron chi connectivity index (χ0n) is 5.23. The van der Waals surface area contributed by atoms with Crippen LogP contribution in [0.2, 0.25) is 0 Å². The lowest BCUT2D eigenvalue weighted by Gasteiger charge is -1.93. The monoisotopic (exact) mass is 141 g/mol. The lowest BCUT2D eigenvalue weighted by Crippen LogP contribution is -2.31. The van der Waals surface area contributed by atoms with Gasteiger partial charge in [0, 0.05) is 6.20 Å². The van der Waals surface area contributed by atoms with Gasteiger partial charge in [-0.3, -0.25) is 4.98 Å². The van der Waals surface area contributed by atoms with Crippen LogP contribution in [-0.4, -0.2) is 27.6 Å². The number of hydrogen-bond acceptors (Lipinski definition) is 3. The molecule has 4 N–H and O–H groups in total. The van der Waals surface area contributed by atoms with Crippen LogP contribution < -0.4 is 5.59 Å². The second-order valence-electron chi connectivity index (χ2n) is 1.63. The molecule has 0 aliphatic carbocycles. The Hall–Kier alpha value is -0.905. The molecule has 0 spiro atoms. The van der Waals surface area contributed by atoms with Gasteiger partial charge >= 0.3 is 7.12 Å². The van der Waals surface area contributed by atoms with E-state index in [4.69, 9.17) is 10.0 Å². The van der Waals surface area contributed by atoms with Gasteiger partial charge in [0.1, 0.15) is 0 Å². The van der Waals surface area contributed by atoms with Crippen LogP contribution in [0.5, 0.6) is 0 Å². The number of nitrogens with zero attached hydrogens (tertiary/aromatic N) is 1. The standard InChI is InChI=1S/C5H6BNO2.H2O/c8-6(9)5-3-1-2-4-7-5;/h1-4,8-9H;1H2. The summed E-state index contributed by atoms with van der Waals surface area (Å²) in [5, 5.41) is 17.0. The predicted octanol–water partition coefficient (Wildman–Crippen LogP) is -2.06. The first-order valence-corrected chi connectivity index (χ1v) is 2.58. The van der Waals surface area contributed by atoms with Crippen LogP contribution in [0.1, 0.15) is 0 Å². The van der Waals surface area contributed by atoms with Gasteiger partial charge in [0.15, 0.2) is 0 Å². The van der Waals surface area contributed by atoms with Crippen LogP contribution >= 0.6 is 0 Å². The average Bonchev–Trinajstić information content (AvgIpc) is 1.90. The summed E-state index contributed by atoms with van der Waals surface area (Å²) < 4.78 is 0. The van der Waals surface area contributed by atoms with E-state index in [2.05, 4.69) is 4.98 Å². The molecule has 0 aliphatic rings. The van der Waals surface area contributed by atoms with Crippen molar-refractivity contribution in [2.75, 3.05) is 0 Å². The Morgan fingerprint density at radius 2 is 2.00 bits per heavy atom. The first-order chi connectivity index (χ1) is 4.30. The van der Waals surface area contributed by atoms with Crippen LogP contribution in [0.4, 0.5) is 0 Å². The molecule has 0 aliphatic heterocycles. The van der Waals surface area contributed by atoms with Crippen molar-refractivity contribution in [3.8, 4) is 0 Å². The predicted molar refractivity (Wildman–Crippen MR) is 37.7 cm³/mol. The minimum atomic E-state index is -1.45. The van der Waals surface area contributed by atoms with Gasteiger partial charge in [0.2, 0.25) is 0 Å². The fourth-order valence-corrected chi connectivity index (χ4v) is 0.529. The largest absolute Gasteiger partial charge is 0.508 e. The Morgan fingerprint density at radius 3 is 2.30 bits per heavy atom. The lowest BCUT2D eigenvalue weighted by molar-refractivity contribution is 0.424. The van der Waals surface area contributed by atoms with Crippen molar-refractivity contribution in [1.82, 2.24) is 4.98 Å². The first kappa shape index (κ1) is 9.09. The Kier molecular flexibility index (Phi) is 3.64. The van der Waals surface area contributed by atoms with Gasteiger partial charge in [-0.1, -0.05) is 6.07 Å². The molecular weight excluding hydrogens is 133 g/mol. The smallest absolute Gasteiger partial charge is 0.422 e. The van der Waals surface area contributed by atoms with Gasteiger partial charge < -0.3 is 15.5 Å². The highest BCUT2D eigenvalue weighted by molar-refractivity contribution is 6.57. The molecule has 1 heterocycles. The van der Waals surface area contributed by atoms with Crippen LogP contribution in [0.25, 0.3) is 0 Å². The zero-order valence-corrected chi connectivity index (χ0v) is 5.23. The maximum Gasteiger partial charge on any atom is 0.508 e. The molecule has 1 aromatic rings. The molecule has 0 aromatic carbocycles. The summed E-state index contributed by atoms with van der Waals surface area (Å²) in [4.78, 5) is 3.68. The van der Waals surface area contributed by atoms with Gasteiger partial charge in [-0.2, -0.15) is 0 Å². The van der Waals surface area contributed by atoms with Gasteiger partial charge in [-0.15, -0.1) is 0 Å². The molecule has 54 valence electrons. The molecule has 1 aromatic heterocycles. The SMILES string of the molecule is O.OB(O)c1ccccn1. The van der Waals surface area contributed by atoms with E-state index in [0.29, 0.717) is 0 Å². The highest BCUT2D eigenvalue weighted by Gasteiger charge is 2.09. The van der Waals surface area contributed by atoms with E-state index in [0.717, 1.165) is 0 Å². The van der Waals surface area contributed by atoms with Crippen LogP contribution in [0.15, 0.2) is 24.4 Å². The summed E-state index contributed by atoms with van der Waals surface area (Å²) in [7, 11) is -1.45. The first-order valence-electron chi connectivity index (χ1n) is 2.58. The van der Waals surface area contributed by atoms with Crippen molar-refractivity contribution in [3.05, 3.63) is 24.4 Å². The second-order valence-corrected chi connectivity index (χ2v) is 1.63. The summed E-state index contributed by atoms with van der Waals surface area (Å²) in [6.07, 6.45) is 1.51. The minimum Gasteiger partial charge on any atom is -0.422 e. The quantitative estimate of drug-likeness (QED) is 0.440. The van der Waals surface area contributed by atoms with E-state index in [1.807, 2.05) is 0 Å². The summed E-state index contributed by atoms with van der Waals surface area (Å²) in [6.45, 7) is 0. The fourth-order valence-electron chi connectivity index (χ4n) is 0.529. The summed E-state index contributed by atoms with van der Waals surface area (Å²) in [6, 6.07) is 4.96. The molecule has 0 radical (unpaired) electrons. The molecule has 0 unspecified atom stereocenters. The number of pyridine rings is 1. The van der Waals surface area contributed by atoms with Crippen LogP contribution in [0, 0.1) is 0 Å². The maximum atomic E-state index is 8.52. The van der Waals surface area contributed by atoms with E-state index in [1.165, 1.54) is 6.20 Å². The average molecular weight is 141 g/mol. The van der Waals surface area contributed by atoms with Gasteiger partial charge in [-0.05, 0) is 12.1 Å². The second kappa shape index (κ2) is 4.00. The third-order valence-corrected chi connectivity index (χ3v) is 0.952. The summed E-state index contributed by atoms with van der Waals surface area (Å²) >= 11 is 0. The number of aromatic nitrogens is 1. The molecule has 0 atom stereocenters. The van der Waals surface area contributed by atoms with Gasteiger partial charge in [0.05, 0.1) is 5.59 Å². The van der Waals surface area contributed by atoms with Crippen molar-refractivity contribution >= 4 is 12.7 Å². The van der Waals surface area contributed by atoms with Gasteiger partial charge in [0.25, 0.3) is 0 Å². The number of rotatable bonds is 1. The van der Waals surface area contributed by atoms with Crippen molar-refractivity contribution in [3.63, 3.8) is 0 Å². The molecule has 0 fully saturated rings. The van der Waals surface area contributed by atoms with Crippen molar-refractivity contribution < 1.29 is 15.5 Å². The normalized spacial score (nSPS) is 8.20. The van der Waals surface area contributed by atoms with E-state index in [-0.39, 0.29) is 11.1 Å². The van der Waals surface area contributed by atoms with E-state index < -0.39 is 7.12 Å². The fraction of sp³-hybridized carbons (Fsp3) is 0. The van der Waals surface area contributed by atoms with E-state index >= 15 is 0 Å². The van der Waals surface area contributed by atoms with Gasteiger partial charge in [-0.25, -0.2) is 0 Å². The highest BCUT2D eigenvalue weighted by atomic mass is 16.4.